The van der Waals surface area contributed by atoms with Gasteiger partial charge in [-0.15, -0.1) is 0 Å². The lowest BCUT2D eigenvalue weighted by Crippen LogP contribution is -2.34. The molecular weight excluding hydrogens is 226 g/mol. The van der Waals surface area contributed by atoms with E-state index < -0.39 is 10.0 Å². The molecular formula is C11H23NO3S. The Bertz CT molecular complexity index is 300. The summed E-state index contributed by atoms with van der Waals surface area (Å²) in [6.45, 7) is 4.41. The highest BCUT2D eigenvalue weighted by Crippen LogP contribution is 2.24. The van der Waals surface area contributed by atoms with Crippen LogP contribution in [0.1, 0.15) is 39.5 Å². The molecule has 0 aromatic rings. The number of hydrogen-bond acceptors (Lipinski definition) is 3. The number of rotatable bonds is 6. The smallest absolute Gasteiger partial charge is 0.211 e. The first kappa shape index (κ1) is 13.9. The first-order chi connectivity index (χ1) is 7.41. The van der Waals surface area contributed by atoms with Gasteiger partial charge in [0.1, 0.15) is 0 Å². The van der Waals surface area contributed by atoms with Crippen LogP contribution in [0, 0.1) is 11.8 Å². The molecule has 0 heterocycles. The third-order valence-electron chi connectivity index (χ3n) is 3.15. The summed E-state index contributed by atoms with van der Waals surface area (Å²) >= 11 is 0. The predicted molar refractivity (Wildman–Crippen MR) is 64.6 cm³/mol. The van der Waals surface area contributed by atoms with Gasteiger partial charge in [-0.05, 0) is 31.1 Å². The van der Waals surface area contributed by atoms with Gasteiger partial charge in [0.15, 0.2) is 0 Å². The zero-order valence-electron chi connectivity index (χ0n) is 10.1. The van der Waals surface area contributed by atoms with Crippen molar-refractivity contribution in [2.75, 3.05) is 12.3 Å². The average Bonchev–Trinajstić information content (AvgIpc) is 2.59. The minimum atomic E-state index is -3.15. The fourth-order valence-electron chi connectivity index (χ4n) is 1.95. The molecule has 5 heteroatoms. The molecule has 1 rings (SSSR count). The van der Waals surface area contributed by atoms with E-state index in [1.165, 1.54) is 0 Å². The lowest BCUT2D eigenvalue weighted by Gasteiger charge is -2.15. The van der Waals surface area contributed by atoms with Crippen LogP contribution in [0.3, 0.4) is 0 Å². The maximum absolute atomic E-state index is 11.6. The van der Waals surface area contributed by atoms with Crippen LogP contribution in [0.15, 0.2) is 0 Å². The molecule has 0 aromatic carbocycles. The maximum atomic E-state index is 11.6. The van der Waals surface area contributed by atoms with Crippen molar-refractivity contribution in [3.05, 3.63) is 0 Å². The van der Waals surface area contributed by atoms with Crippen LogP contribution in [0.4, 0.5) is 0 Å². The highest BCUT2D eigenvalue weighted by Gasteiger charge is 2.26. The van der Waals surface area contributed by atoms with Gasteiger partial charge in [-0.3, -0.25) is 0 Å². The van der Waals surface area contributed by atoms with Gasteiger partial charge in [-0.2, -0.15) is 0 Å². The first-order valence-corrected chi connectivity index (χ1v) is 7.71. The number of hydrogen-bond donors (Lipinski definition) is 2. The fraction of sp³-hybridized carbons (Fsp3) is 1.00. The van der Waals surface area contributed by atoms with E-state index >= 15 is 0 Å². The topological polar surface area (TPSA) is 66.4 Å². The zero-order chi connectivity index (χ0) is 12.2. The molecule has 96 valence electrons. The molecule has 0 radical (unpaired) electrons. The SMILES string of the molecule is CC(C)CCS(=O)(=O)NCC1CCCC1O. The fourth-order valence-corrected chi connectivity index (χ4v) is 3.35. The Hall–Kier alpha value is -0.130. The van der Waals surface area contributed by atoms with Crippen LogP contribution in [0.25, 0.3) is 0 Å². The Kier molecular flexibility index (Phi) is 5.21. The van der Waals surface area contributed by atoms with Crippen molar-refractivity contribution in [3.8, 4) is 0 Å². The minimum Gasteiger partial charge on any atom is -0.393 e. The Morgan fingerprint density at radius 2 is 2.06 bits per heavy atom. The van der Waals surface area contributed by atoms with Crippen molar-refractivity contribution in [1.82, 2.24) is 4.72 Å². The van der Waals surface area contributed by atoms with E-state index in [2.05, 4.69) is 4.72 Å². The maximum Gasteiger partial charge on any atom is 0.211 e. The van der Waals surface area contributed by atoms with Crippen molar-refractivity contribution in [2.45, 2.75) is 45.6 Å². The van der Waals surface area contributed by atoms with E-state index in [1.807, 2.05) is 13.8 Å². The summed E-state index contributed by atoms with van der Waals surface area (Å²) < 4.78 is 25.8. The Labute approximate surface area is 98.5 Å². The Morgan fingerprint density at radius 3 is 2.56 bits per heavy atom. The summed E-state index contributed by atoms with van der Waals surface area (Å²) in [6, 6.07) is 0. The summed E-state index contributed by atoms with van der Waals surface area (Å²) in [5.41, 5.74) is 0. The second kappa shape index (κ2) is 5.98. The molecule has 1 aliphatic carbocycles. The lowest BCUT2D eigenvalue weighted by molar-refractivity contribution is 0.134. The Morgan fingerprint density at radius 1 is 1.38 bits per heavy atom. The molecule has 2 unspecified atom stereocenters. The first-order valence-electron chi connectivity index (χ1n) is 6.06. The van der Waals surface area contributed by atoms with Crippen molar-refractivity contribution in [1.29, 1.82) is 0 Å². The quantitative estimate of drug-likeness (QED) is 0.741. The standard InChI is InChI=1S/C11H23NO3S/c1-9(2)6-7-16(14,15)12-8-10-4-3-5-11(10)13/h9-13H,3-8H2,1-2H3. The van der Waals surface area contributed by atoms with Gasteiger partial charge in [0, 0.05) is 6.54 Å². The number of aliphatic hydroxyl groups is 1. The summed E-state index contributed by atoms with van der Waals surface area (Å²) in [6.07, 6.45) is 3.08. The van der Waals surface area contributed by atoms with Gasteiger partial charge in [0.2, 0.25) is 10.0 Å². The third-order valence-corrected chi connectivity index (χ3v) is 4.53. The molecule has 0 amide bonds. The molecule has 2 N–H and O–H groups in total. The van der Waals surface area contributed by atoms with E-state index in [-0.39, 0.29) is 17.8 Å². The van der Waals surface area contributed by atoms with Crippen LogP contribution in [-0.4, -0.2) is 31.9 Å². The highest BCUT2D eigenvalue weighted by molar-refractivity contribution is 7.89. The van der Waals surface area contributed by atoms with Crippen molar-refractivity contribution in [3.63, 3.8) is 0 Å². The van der Waals surface area contributed by atoms with E-state index in [0.717, 1.165) is 19.3 Å². The van der Waals surface area contributed by atoms with Gasteiger partial charge in [0.05, 0.1) is 11.9 Å². The molecule has 16 heavy (non-hydrogen) atoms. The third kappa shape index (κ3) is 4.80. The van der Waals surface area contributed by atoms with Crippen molar-refractivity contribution in [2.24, 2.45) is 11.8 Å². The Balaban J connectivity index is 2.30. The molecule has 1 fully saturated rings. The van der Waals surface area contributed by atoms with Crippen LogP contribution in [0.2, 0.25) is 0 Å². The predicted octanol–water partition coefficient (Wildman–Crippen LogP) is 1.11. The summed E-state index contributed by atoms with van der Waals surface area (Å²) in [4.78, 5) is 0. The average molecular weight is 249 g/mol. The van der Waals surface area contributed by atoms with E-state index in [0.29, 0.717) is 18.9 Å². The second-order valence-electron chi connectivity index (χ2n) is 5.11. The summed E-state index contributed by atoms with van der Waals surface area (Å²) in [5.74, 6) is 0.690. The normalized spacial score (nSPS) is 26.5. The van der Waals surface area contributed by atoms with Crippen LogP contribution in [0.5, 0.6) is 0 Å². The molecule has 2 atom stereocenters. The number of nitrogens with one attached hydrogen (secondary N) is 1. The molecule has 0 aliphatic heterocycles. The van der Waals surface area contributed by atoms with E-state index in [4.69, 9.17) is 0 Å². The molecule has 1 saturated carbocycles. The number of aliphatic hydroxyl groups excluding tert-OH is 1. The monoisotopic (exact) mass is 249 g/mol. The van der Waals surface area contributed by atoms with Crippen LogP contribution >= 0.6 is 0 Å². The lowest BCUT2D eigenvalue weighted by atomic mass is 10.1. The van der Waals surface area contributed by atoms with Gasteiger partial charge >= 0.3 is 0 Å². The van der Waals surface area contributed by atoms with Gasteiger partial charge in [-0.1, -0.05) is 20.3 Å². The highest BCUT2D eigenvalue weighted by atomic mass is 32.2. The molecule has 0 bridgehead atoms. The molecule has 0 spiro atoms. The van der Waals surface area contributed by atoms with Crippen molar-refractivity contribution < 1.29 is 13.5 Å². The second-order valence-corrected chi connectivity index (χ2v) is 7.03. The minimum absolute atomic E-state index is 0.105. The van der Waals surface area contributed by atoms with Crippen LogP contribution in [-0.2, 0) is 10.0 Å². The molecule has 1 aliphatic rings. The van der Waals surface area contributed by atoms with Gasteiger partial charge in [-0.25, -0.2) is 13.1 Å². The summed E-state index contributed by atoms with van der Waals surface area (Å²) in [7, 11) is -3.15. The molecule has 0 aromatic heterocycles. The van der Waals surface area contributed by atoms with E-state index in [1.54, 1.807) is 0 Å². The number of sulfonamides is 1. The summed E-state index contributed by atoms with van der Waals surface area (Å²) in [5, 5.41) is 9.57. The van der Waals surface area contributed by atoms with Gasteiger partial charge < -0.3 is 5.11 Å². The largest absolute Gasteiger partial charge is 0.393 e. The van der Waals surface area contributed by atoms with Crippen molar-refractivity contribution >= 4 is 10.0 Å². The van der Waals surface area contributed by atoms with Crippen LogP contribution < -0.4 is 4.72 Å². The zero-order valence-corrected chi connectivity index (χ0v) is 11.0. The van der Waals surface area contributed by atoms with E-state index in [9.17, 15) is 13.5 Å². The molecule has 0 saturated heterocycles. The molecule has 4 nitrogen and oxygen atoms in total. The van der Waals surface area contributed by atoms with Gasteiger partial charge in [0.25, 0.3) is 0 Å².